The highest BCUT2D eigenvalue weighted by Crippen LogP contribution is 2.49. The molecule has 0 bridgehead atoms. The molecule has 10 aromatic carbocycles. The van der Waals surface area contributed by atoms with Gasteiger partial charge in [-0.25, -0.2) is 0 Å². The van der Waals surface area contributed by atoms with Crippen LogP contribution in [0.4, 0.5) is 0 Å². The zero-order valence-corrected chi connectivity index (χ0v) is 28.1. The van der Waals surface area contributed by atoms with Crippen LogP contribution in [-0.2, 0) is 0 Å². The maximum atomic E-state index is 9.89. The largest absolute Gasteiger partial charge is 0.192 e. The smallest absolute Gasteiger partial charge is 0.0991 e. The third-order valence-electron chi connectivity index (χ3n) is 10.6. The molecule has 0 aliphatic heterocycles. The molecule has 0 aliphatic carbocycles. The van der Waals surface area contributed by atoms with Crippen LogP contribution in [0, 0.1) is 22.7 Å². The van der Waals surface area contributed by atoms with Crippen molar-refractivity contribution in [3.8, 4) is 56.6 Å². The van der Waals surface area contributed by atoms with Crippen LogP contribution in [0.2, 0.25) is 0 Å². The van der Waals surface area contributed by atoms with Crippen molar-refractivity contribution >= 4 is 53.9 Å². The van der Waals surface area contributed by atoms with Crippen molar-refractivity contribution in [1.29, 1.82) is 10.5 Å². The van der Waals surface area contributed by atoms with Crippen molar-refractivity contribution in [2.45, 2.75) is 0 Å². The standard InChI is InChI=1S/C50H28N2/c51-29-31-7-5-13-37(23-31)45-27-47(39-17-15-33-9-1-3-11-35(33)25-39)43-21-19-42-46(38-14-6-8-32(24-38)30-52)28-48(44-22-20-41(45)49(43)50(42)44)40-18-16-34-10-2-4-12-36(34)26-40/h1-28H. The fourth-order valence-electron chi connectivity index (χ4n) is 8.17. The normalized spacial score (nSPS) is 11.4. The number of nitrogens with zero attached hydrogens (tertiary/aromatic N) is 2. The minimum atomic E-state index is 0.633. The zero-order valence-electron chi connectivity index (χ0n) is 28.1. The first kappa shape index (κ1) is 29.6. The predicted molar refractivity (Wildman–Crippen MR) is 216 cm³/mol. The van der Waals surface area contributed by atoms with Crippen LogP contribution in [0.1, 0.15) is 11.1 Å². The third-order valence-corrected chi connectivity index (χ3v) is 10.6. The molecule has 238 valence electrons. The van der Waals surface area contributed by atoms with Crippen LogP contribution in [-0.4, -0.2) is 0 Å². The van der Waals surface area contributed by atoms with Gasteiger partial charge in [0.25, 0.3) is 0 Å². The highest BCUT2D eigenvalue weighted by Gasteiger charge is 2.21. The number of benzene rings is 10. The number of hydrogen-bond donors (Lipinski definition) is 0. The van der Waals surface area contributed by atoms with E-state index in [4.69, 9.17) is 0 Å². The van der Waals surface area contributed by atoms with Gasteiger partial charge in [0.2, 0.25) is 0 Å². The van der Waals surface area contributed by atoms with E-state index < -0.39 is 0 Å². The molecule has 10 rings (SSSR count). The maximum Gasteiger partial charge on any atom is 0.0991 e. The van der Waals surface area contributed by atoms with Crippen molar-refractivity contribution in [3.05, 3.63) is 181 Å². The van der Waals surface area contributed by atoms with Gasteiger partial charge in [-0.1, -0.05) is 121 Å². The lowest BCUT2D eigenvalue weighted by molar-refractivity contribution is 1.48. The van der Waals surface area contributed by atoms with Crippen molar-refractivity contribution < 1.29 is 0 Å². The van der Waals surface area contributed by atoms with Crippen molar-refractivity contribution in [2.24, 2.45) is 0 Å². The Morgan fingerprint density at radius 2 is 0.654 bits per heavy atom. The molecule has 0 saturated heterocycles. The average Bonchev–Trinajstić information content (AvgIpc) is 3.22. The summed E-state index contributed by atoms with van der Waals surface area (Å²) in [5.74, 6) is 0. The van der Waals surface area contributed by atoms with Gasteiger partial charge < -0.3 is 0 Å². The van der Waals surface area contributed by atoms with Crippen molar-refractivity contribution in [1.82, 2.24) is 0 Å². The number of nitriles is 2. The highest BCUT2D eigenvalue weighted by atomic mass is 14.3. The Kier molecular flexibility index (Phi) is 6.65. The summed E-state index contributed by atoms with van der Waals surface area (Å²) in [7, 11) is 0. The predicted octanol–water partition coefficient (Wildman–Crippen LogP) is 13.3. The monoisotopic (exact) mass is 656 g/mol. The molecule has 10 aromatic rings. The molecule has 0 spiro atoms. The molecule has 0 unspecified atom stereocenters. The molecule has 0 radical (unpaired) electrons. The first-order valence-electron chi connectivity index (χ1n) is 17.4. The van der Waals surface area contributed by atoms with E-state index in [1.54, 1.807) is 0 Å². The van der Waals surface area contributed by atoms with Crippen LogP contribution in [0.25, 0.3) is 98.4 Å². The fraction of sp³-hybridized carbons (Fsp3) is 0. The summed E-state index contributed by atoms with van der Waals surface area (Å²) in [6.07, 6.45) is 0. The topological polar surface area (TPSA) is 47.6 Å². The summed E-state index contributed by atoms with van der Waals surface area (Å²) < 4.78 is 0. The minimum absolute atomic E-state index is 0.633. The minimum Gasteiger partial charge on any atom is -0.192 e. The summed E-state index contributed by atoms with van der Waals surface area (Å²) in [5, 5.41) is 31.6. The van der Waals surface area contributed by atoms with Crippen molar-refractivity contribution in [3.63, 3.8) is 0 Å². The molecule has 52 heavy (non-hydrogen) atoms. The number of fused-ring (bicyclic) bond motifs is 2. The van der Waals surface area contributed by atoms with Gasteiger partial charge in [-0.15, -0.1) is 0 Å². The van der Waals surface area contributed by atoms with Crippen LogP contribution in [0.15, 0.2) is 170 Å². The summed E-state index contributed by atoms with van der Waals surface area (Å²) in [5.41, 5.74) is 10.0. The lowest BCUT2D eigenvalue weighted by Crippen LogP contribution is -1.95. The SMILES string of the molecule is N#Cc1cccc(-c2cc(-c3ccc4ccccc4c3)c3ccc4c(-c5cccc(C#N)c5)cc(-c5ccc6ccccc6c5)c5ccc2c3c45)c1. The second-order valence-corrected chi connectivity index (χ2v) is 13.5. The Labute approximate surface area is 301 Å². The van der Waals surface area contributed by atoms with E-state index >= 15 is 0 Å². The van der Waals surface area contributed by atoms with Gasteiger partial charge in [-0.3, -0.25) is 0 Å². The van der Waals surface area contributed by atoms with Crippen LogP contribution in [0.5, 0.6) is 0 Å². The molecule has 0 atom stereocenters. The molecule has 0 fully saturated rings. The zero-order chi connectivity index (χ0) is 34.8. The molecule has 0 aromatic heterocycles. The molecular formula is C50H28N2. The maximum absolute atomic E-state index is 9.89. The Bertz CT molecular complexity index is 2940. The first-order valence-corrected chi connectivity index (χ1v) is 17.4. The Morgan fingerprint density at radius 3 is 1.04 bits per heavy atom. The molecule has 2 heteroatoms. The van der Waals surface area contributed by atoms with Gasteiger partial charge in [0, 0.05) is 0 Å². The lowest BCUT2D eigenvalue weighted by atomic mass is 9.81. The number of rotatable bonds is 4. The lowest BCUT2D eigenvalue weighted by Gasteiger charge is -2.22. The quantitative estimate of drug-likeness (QED) is 0.177. The molecular weight excluding hydrogens is 629 g/mol. The first-order chi connectivity index (χ1) is 25.7. The van der Waals surface area contributed by atoms with Gasteiger partial charge in [-0.2, -0.15) is 10.5 Å². The van der Waals surface area contributed by atoms with Gasteiger partial charge >= 0.3 is 0 Å². The van der Waals surface area contributed by atoms with Crippen LogP contribution >= 0.6 is 0 Å². The molecule has 0 saturated carbocycles. The van der Waals surface area contributed by atoms with Gasteiger partial charge in [0.05, 0.1) is 23.3 Å². The average molecular weight is 657 g/mol. The Morgan fingerprint density at radius 1 is 0.288 bits per heavy atom. The van der Waals surface area contributed by atoms with E-state index in [1.165, 1.54) is 43.1 Å². The van der Waals surface area contributed by atoms with Gasteiger partial charge in [0.15, 0.2) is 0 Å². The molecule has 0 heterocycles. The third kappa shape index (κ3) is 4.64. The van der Waals surface area contributed by atoms with E-state index in [-0.39, 0.29) is 0 Å². The summed E-state index contributed by atoms with van der Waals surface area (Å²) in [4.78, 5) is 0. The summed E-state index contributed by atoms with van der Waals surface area (Å²) in [6.45, 7) is 0. The fourth-order valence-corrected chi connectivity index (χ4v) is 8.17. The molecule has 2 nitrogen and oxygen atoms in total. The van der Waals surface area contributed by atoms with E-state index in [9.17, 15) is 10.5 Å². The highest BCUT2D eigenvalue weighted by molar-refractivity contribution is 6.32. The Balaban J connectivity index is 1.38. The van der Waals surface area contributed by atoms with Crippen molar-refractivity contribution in [2.75, 3.05) is 0 Å². The summed E-state index contributed by atoms with van der Waals surface area (Å²) in [6, 6.07) is 64.7. The van der Waals surface area contributed by atoms with E-state index in [1.807, 2.05) is 36.4 Å². The van der Waals surface area contributed by atoms with E-state index in [0.29, 0.717) is 11.1 Å². The van der Waals surface area contributed by atoms with Gasteiger partial charge in [0.1, 0.15) is 0 Å². The van der Waals surface area contributed by atoms with E-state index in [2.05, 4.69) is 146 Å². The Hall–Kier alpha value is -7.26. The van der Waals surface area contributed by atoms with Crippen LogP contribution in [0.3, 0.4) is 0 Å². The molecule has 0 amide bonds. The summed E-state index contributed by atoms with van der Waals surface area (Å²) >= 11 is 0. The van der Waals surface area contributed by atoms with E-state index in [0.717, 1.165) is 55.3 Å². The second-order valence-electron chi connectivity index (χ2n) is 13.5. The van der Waals surface area contributed by atoms with Gasteiger partial charge in [-0.05, 0) is 147 Å². The molecule has 0 N–H and O–H groups in total. The van der Waals surface area contributed by atoms with Crippen LogP contribution < -0.4 is 0 Å². The molecule has 0 aliphatic rings. The second kappa shape index (κ2) is 11.7. The number of hydrogen-bond acceptors (Lipinski definition) is 2.